The van der Waals surface area contributed by atoms with Gasteiger partial charge in [0.05, 0.1) is 15.7 Å². The Morgan fingerprint density at radius 3 is 2.74 bits per heavy atom. The molecule has 1 aliphatic rings. The minimum Gasteiger partial charge on any atom is -0.367 e. The Morgan fingerprint density at radius 1 is 1.26 bits per heavy atom. The van der Waals surface area contributed by atoms with Crippen LogP contribution < -0.4 is 10.2 Å². The number of nitrogens with zero attached hydrogens (tertiary/aromatic N) is 2. The third-order valence-corrected chi connectivity index (χ3v) is 3.77. The first-order chi connectivity index (χ1) is 8.75. The molecule has 3 rings (SSSR count). The molecule has 0 radical (unpaired) electrons. The quantitative estimate of drug-likeness (QED) is 0.860. The maximum atomic E-state index is 13.2. The Morgan fingerprint density at radius 2 is 2.00 bits per heavy atom. The molecule has 2 aromatic rings. The molecule has 0 atom stereocenters. The van der Waals surface area contributed by atoms with Gasteiger partial charge in [-0.2, -0.15) is 0 Å². The van der Waals surface area contributed by atoms with E-state index in [4.69, 9.17) is 0 Å². The van der Waals surface area contributed by atoms with Gasteiger partial charge in [0.15, 0.2) is 0 Å². The maximum Gasteiger partial charge on any atom is 0.125 e. The number of benzene rings is 1. The molecule has 0 bridgehead atoms. The first-order valence-electron chi connectivity index (χ1n) is 5.95. The zero-order valence-electron chi connectivity index (χ0n) is 10.2. The number of fused-ring (bicyclic) bond motifs is 1. The van der Waals surface area contributed by atoms with E-state index in [0.29, 0.717) is 5.52 Å². The average molecular weight is 347 g/mol. The maximum absolute atomic E-state index is 13.2. The van der Waals surface area contributed by atoms with Gasteiger partial charge in [-0.25, -0.2) is 4.39 Å². The first kappa shape index (κ1) is 14.5. The van der Waals surface area contributed by atoms with Crippen molar-refractivity contribution in [1.82, 2.24) is 10.3 Å². The molecular weight excluding hydrogens is 333 g/mol. The highest BCUT2D eigenvalue weighted by Crippen LogP contribution is 2.33. The SMILES string of the molecule is Cl.Fc1ccc2c(N3CCNCC3)c(Br)cnc2c1. The summed E-state index contributed by atoms with van der Waals surface area (Å²) in [6, 6.07) is 4.77. The van der Waals surface area contributed by atoms with Crippen LogP contribution in [-0.2, 0) is 0 Å². The van der Waals surface area contributed by atoms with Gasteiger partial charge in [-0.3, -0.25) is 4.98 Å². The van der Waals surface area contributed by atoms with E-state index in [1.54, 1.807) is 12.3 Å². The van der Waals surface area contributed by atoms with Crippen molar-refractivity contribution >= 4 is 44.9 Å². The normalized spacial score (nSPS) is 15.4. The van der Waals surface area contributed by atoms with E-state index in [2.05, 4.69) is 31.1 Å². The lowest BCUT2D eigenvalue weighted by Gasteiger charge is -2.31. The van der Waals surface area contributed by atoms with Crippen LogP contribution >= 0.6 is 28.3 Å². The molecule has 3 nitrogen and oxygen atoms in total. The van der Waals surface area contributed by atoms with Crippen LogP contribution in [0.4, 0.5) is 10.1 Å². The summed E-state index contributed by atoms with van der Waals surface area (Å²) in [6.45, 7) is 3.85. The van der Waals surface area contributed by atoms with Gasteiger partial charge in [-0.05, 0) is 28.1 Å². The third kappa shape index (κ3) is 2.83. The van der Waals surface area contributed by atoms with Crippen LogP contribution in [0, 0.1) is 5.82 Å². The lowest BCUT2D eigenvalue weighted by Crippen LogP contribution is -2.43. The van der Waals surface area contributed by atoms with Gasteiger partial charge < -0.3 is 10.2 Å². The second-order valence-corrected chi connectivity index (χ2v) is 5.21. The molecule has 1 aromatic heterocycles. The summed E-state index contributed by atoms with van der Waals surface area (Å²) in [6.07, 6.45) is 1.75. The molecule has 1 N–H and O–H groups in total. The van der Waals surface area contributed by atoms with Crippen molar-refractivity contribution in [3.8, 4) is 0 Å². The van der Waals surface area contributed by atoms with E-state index in [-0.39, 0.29) is 18.2 Å². The van der Waals surface area contributed by atoms with Crippen LogP contribution in [0.15, 0.2) is 28.9 Å². The predicted molar refractivity (Wildman–Crippen MR) is 81.7 cm³/mol. The molecule has 6 heteroatoms. The number of anilines is 1. The number of halogens is 3. The van der Waals surface area contributed by atoms with E-state index in [1.165, 1.54) is 12.1 Å². The standard InChI is InChI=1S/C13H13BrFN3.ClH/c14-11-8-17-12-7-9(15)1-2-10(12)13(11)18-5-3-16-4-6-18;/h1-2,7-8,16H,3-6H2;1H. The van der Waals surface area contributed by atoms with Crippen LogP contribution in [0.3, 0.4) is 0 Å². The van der Waals surface area contributed by atoms with Crippen molar-refractivity contribution in [3.63, 3.8) is 0 Å². The lowest BCUT2D eigenvalue weighted by atomic mass is 10.1. The second-order valence-electron chi connectivity index (χ2n) is 4.35. The minimum absolute atomic E-state index is 0. The largest absolute Gasteiger partial charge is 0.367 e. The summed E-state index contributed by atoms with van der Waals surface area (Å²) in [5.74, 6) is -0.247. The molecule has 19 heavy (non-hydrogen) atoms. The van der Waals surface area contributed by atoms with Crippen LogP contribution in [0.25, 0.3) is 10.9 Å². The van der Waals surface area contributed by atoms with Crippen molar-refractivity contribution in [2.75, 3.05) is 31.1 Å². The van der Waals surface area contributed by atoms with Crippen molar-refractivity contribution in [1.29, 1.82) is 0 Å². The Kier molecular flexibility index (Phi) is 4.60. The molecule has 102 valence electrons. The Balaban J connectivity index is 0.00000133. The van der Waals surface area contributed by atoms with Crippen LogP contribution in [0.2, 0.25) is 0 Å². The van der Waals surface area contributed by atoms with Gasteiger partial charge in [-0.1, -0.05) is 0 Å². The molecule has 1 aliphatic heterocycles. The monoisotopic (exact) mass is 345 g/mol. The molecular formula is C13H14BrClFN3. The summed E-state index contributed by atoms with van der Waals surface area (Å²) in [5.41, 5.74) is 1.81. The summed E-state index contributed by atoms with van der Waals surface area (Å²) >= 11 is 3.55. The number of pyridine rings is 1. The second kappa shape index (κ2) is 6.03. The fourth-order valence-corrected chi connectivity index (χ4v) is 2.90. The highest BCUT2D eigenvalue weighted by molar-refractivity contribution is 9.10. The molecule has 2 heterocycles. The van der Waals surface area contributed by atoms with Crippen LogP contribution in [0.1, 0.15) is 0 Å². The molecule has 1 aromatic carbocycles. The Labute approximate surface area is 125 Å². The highest BCUT2D eigenvalue weighted by Gasteiger charge is 2.17. The van der Waals surface area contributed by atoms with Crippen molar-refractivity contribution in [2.24, 2.45) is 0 Å². The van der Waals surface area contributed by atoms with Gasteiger partial charge in [0, 0.05) is 43.8 Å². The molecule has 0 aliphatic carbocycles. The van der Waals surface area contributed by atoms with E-state index >= 15 is 0 Å². The van der Waals surface area contributed by atoms with Gasteiger partial charge in [0.1, 0.15) is 5.82 Å². The number of rotatable bonds is 1. The number of hydrogen-bond acceptors (Lipinski definition) is 3. The van der Waals surface area contributed by atoms with E-state index < -0.39 is 0 Å². The average Bonchev–Trinajstić information content (AvgIpc) is 2.40. The van der Waals surface area contributed by atoms with Gasteiger partial charge in [0.2, 0.25) is 0 Å². The Hall–Kier alpha value is -0.910. The fraction of sp³-hybridized carbons (Fsp3) is 0.308. The van der Waals surface area contributed by atoms with Crippen LogP contribution in [0.5, 0.6) is 0 Å². The molecule has 0 amide bonds. The molecule has 0 unspecified atom stereocenters. The van der Waals surface area contributed by atoms with Crippen molar-refractivity contribution < 1.29 is 4.39 Å². The van der Waals surface area contributed by atoms with E-state index in [1.807, 2.05) is 0 Å². The number of hydrogen-bond donors (Lipinski definition) is 1. The smallest absolute Gasteiger partial charge is 0.125 e. The summed E-state index contributed by atoms with van der Waals surface area (Å²) < 4.78 is 14.2. The molecule has 1 fully saturated rings. The molecule has 1 saturated heterocycles. The van der Waals surface area contributed by atoms with Crippen molar-refractivity contribution in [2.45, 2.75) is 0 Å². The Bertz CT molecular complexity index is 587. The first-order valence-corrected chi connectivity index (χ1v) is 6.74. The fourth-order valence-electron chi connectivity index (χ4n) is 2.34. The zero-order chi connectivity index (χ0) is 12.5. The van der Waals surface area contributed by atoms with E-state index in [9.17, 15) is 4.39 Å². The molecule has 0 saturated carbocycles. The number of piperazine rings is 1. The van der Waals surface area contributed by atoms with E-state index in [0.717, 1.165) is 41.7 Å². The number of nitrogens with one attached hydrogen (secondary N) is 1. The van der Waals surface area contributed by atoms with Crippen molar-refractivity contribution in [3.05, 3.63) is 34.7 Å². The molecule has 0 spiro atoms. The summed E-state index contributed by atoms with van der Waals surface area (Å²) in [7, 11) is 0. The third-order valence-electron chi connectivity index (χ3n) is 3.19. The summed E-state index contributed by atoms with van der Waals surface area (Å²) in [4.78, 5) is 6.58. The lowest BCUT2D eigenvalue weighted by molar-refractivity contribution is 0.589. The predicted octanol–water partition coefficient (Wildman–Crippen LogP) is 2.97. The zero-order valence-corrected chi connectivity index (χ0v) is 12.6. The number of aromatic nitrogens is 1. The highest BCUT2D eigenvalue weighted by atomic mass is 79.9. The van der Waals surface area contributed by atoms with Gasteiger partial charge in [0.25, 0.3) is 0 Å². The topological polar surface area (TPSA) is 28.2 Å². The van der Waals surface area contributed by atoms with Gasteiger partial charge >= 0.3 is 0 Å². The van der Waals surface area contributed by atoms with Gasteiger partial charge in [-0.15, -0.1) is 12.4 Å². The van der Waals surface area contributed by atoms with Crippen LogP contribution in [-0.4, -0.2) is 31.2 Å². The minimum atomic E-state index is -0.247. The summed E-state index contributed by atoms with van der Waals surface area (Å²) in [5, 5.41) is 4.32.